The molecule has 0 heterocycles. The number of rotatable bonds is 8. The summed E-state index contributed by atoms with van der Waals surface area (Å²) < 4.78 is 41.5. The van der Waals surface area contributed by atoms with Crippen molar-refractivity contribution in [1.82, 2.24) is 16.0 Å². The fraction of sp³-hybridized carbons (Fsp3) is 0.273. The van der Waals surface area contributed by atoms with Crippen molar-refractivity contribution in [3.8, 4) is 0 Å². The Labute approximate surface area is 218 Å². The van der Waals surface area contributed by atoms with Gasteiger partial charge in [0.1, 0.15) is 0 Å². The van der Waals surface area contributed by atoms with Gasteiger partial charge in [-0.2, -0.15) is 13.2 Å². The van der Waals surface area contributed by atoms with Gasteiger partial charge in [0.25, 0.3) is 5.91 Å². The van der Waals surface area contributed by atoms with Crippen LogP contribution in [0.1, 0.15) is 34.3 Å². The van der Waals surface area contributed by atoms with Crippen LogP contribution < -0.4 is 16.0 Å². The summed E-state index contributed by atoms with van der Waals surface area (Å²) >= 11 is 20.9. The summed E-state index contributed by atoms with van der Waals surface area (Å²) in [7, 11) is 0. The average molecular weight is 602 g/mol. The summed E-state index contributed by atoms with van der Waals surface area (Å²) in [5.74, 6) is -2.38. The van der Waals surface area contributed by atoms with Gasteiger partial charge in [-0.25, -0.2) is 4.79 Å². The molecule has 3 N–H and O–H groups in total. The molecule has 12 heteroatoms. The fourth-order valence-corrected chi connectivity index (χ4v) is 4.05. The van der Waals surface area contributed by atoms with E-state index in [1.54, 1.807) is 6.92 Å². The monoisotopic (exact) mass is 599 g/mol. The van der Waals surface area contributed by atoms with Crippen LogP contribution in [0.2, 0.25) is 15.1 Å². The van der Waals surface area contributed by atoms with Gasteiger partial charge in [0.2, 0.25) is 0 Å². The van der Waals surface area contributed by atoms with Gasteiger partial charge >= 0.3 is 12.2 Å². The highest BCUT2D eigenvalue weighted by Crippen LogP contribution is 2.41. The number of benzene rings is 2. The lowest BCUT2D eigenvalue weighted by Gasteiger charge is -2.18. The zero-order chi connectivity index (χ0) is 25.5. The fourth-order valence-electron chi connectivity index (χ4n) is 2.86. The van der Waals surface area contributed by atoms with Crippen LogP contribution in [-0.4, -0.2) is 37.7 Å². The van der Waals surface area contributed by atoms with E-state index in [9.17, 15) is 22.8 Å². The Morgan fingerprint density at radius 2 is 1.65 bits per heavy atom. The molecule has 0 spiro atoms. The van der Waals surface area contributed by atoms with Crippen molar-refractivity contribution in [1.29, 1.82) is 0 Å². The second-order valence-corrected chi connectivity index (χ2v) is 9.01. The molecule has 0 radical (unpaired) electrons. The number of hydrogen-bond donors (Lipinski definition) is 3. The Balaban J connectivity index is 2.12. The maximum absolute atomic E-state index is 13.7. The summed E-state index contributed by atoms with van der Waals surface area (Å²) in [6.45, 7) is 2.69. The number of allylic oxidation sites excluding steroid dienone is 1. The average Bonchev–Trinajstić information content (AvgIpc) is 2.74. The van der Waals surface area contributed by atoms with E-state index in [1.807, 2.05) is 0 Å². The zero-order valence-corrected chi connectivity index (χ0v) is 21.6. The highest BCUT2D eigenvalue weighted by molar-refractivity contribution is 9.10. The smallest absolute Gasteiger partial charge is 0.350 e. The third kappa shape index (κ3) is 8.08. The van der Waals surface area contributed by atoms with E-state index >= 15 is 0 Å². The Morgan fingerprint density at radius 1 is 1.03 bits per heavy atom. The van der Waals surface area contributed by atoms with E-state index < -0.39 is 18.0 Å². The molecule has 1 unspecified atom stereocenters. The summed E-state index contributed by atoms with van der Waals surface area (Å²) in [5, 5.41) is 7.61. The normalized spacial score (nSPS) is 12.5. The van der Waals surface area contributed by atoms with Crippen molar-refractivity contribution >= 4 is 68.7 Å². The summed E-state index contributed by atoms with van der Waals surface area (Å²) in [4.78, 5) is 23.7. The lowest BCUT2D eigenvalue weighted by Crippen LogP contribution is -2.40. The molecular weight excluding hydrogens is 582 g/mol. The van der Waals surface area contributed by atoms with Crippen molar-refractivity contribution in [2.24, 2.45) is 0 Å². The van der Waals surface area contributed by atoms with Crippen molar-refractivity contribution in [3.05, 3.63) is 72.6 Å². The largest absolute Gasteiger partial charge is 0.399 e. The number of carbonyl (C=O) groups excluding carboxylic acids is 2. The third-order valence-electron chi connectivity index (χ3n) is 4.47. The number of amides is 3. The van der Waals surface area contributed by atoms with Gasteiger partial charge < -0.3 is 16.0 Å². The molecule has 0 fully saturated rings. The van der Waals surface area contributed by atoms with E-state index in [0.717, 1.165) is 18.2 Å². The minimum absolute atomic E-state index is 0.0187. The highest BCUT2D eigenvalue weighted by Gasteiger charge is 2.39. The van der Waals surface area contributed by atoms with Crippen LogP contribution >= 0.6 is 50.7 Å². The van der Waals surface area contributed by atoms with E-state index in [1.165, 1.54) is 24.3 Å². The Bertz CT molecular complexity index is 1060. The predicted molar refractivity (Wildman–Crippen MR) is 133 cm³/mol. The number of nitrogens with one attached hydrogen (secondary N) is 3. The van der Waals surface area contributed by atoms with E-state index in [4.69, 9.17) is 34.8 Å². The molecule has 1 atom stereocenters. The number of alkyl halides is 3. The quantitative estimate of drug-likeness (QED) is 0.230. The van der Waals surface area contributed by atoms with Gasteiger partial charge in [-0.1, -0.05) is 53.0 Å². The molecular formula is C22H20BrCl3F3N3O2. The van der Waals surface area contributed by atoms with Gasteiger partial charge in [0, 0.05) is 24.1 Å². The lowest BCUT2D eigenvalue weighted by molar-refractivity contribution is -0.139. The topological polar surface area (TPSA) is 70.2 Å². The predicted octanol–water partition coefficient (Wildman–Crippen LogP) is 6.82. The first-order chi connectivity index (χ1) is 15.9. The number of halogens is 7. The first-order valence-electron chi connectivity index (χ1n) is 9.92. The maximum atomic E-state index is 13.7. The van der Waals surface area contributed by atoms with Crippen molar-refractivity contribution in [2.45, 2.75) is 19.0 Å². The standard InChI is InChI=1S/C22H20BrCl3F3N3O2/c1-2-30-21(34)32-8-7-31-20(33)14-5-3-12(9-16(14)23)4-6-15(22(27,28)29)13-10-17(24)19(26)18(25)11-13/h3-6,9-11,15H,2,7-8H2,1H3,(H,31,33)(H2,30,32,34)/b6-4+. The maximum Gasteiger partial charge on any atom is 0.399 e. The minimum atomic E-state index is -4.60. The van der Waals surface area contributed by atoms with Crippen LogP contribution in [0.25, 0.3) is 6.08 Å². The molecule has 0 aromatic heterocycles. The second kappa shape index (κ2) is 12.7. The van der Waals surface area contributed by atoms with Gasteiger partial charge in [-0.15, -0.1) is 0 Å². The SMILES string of the molecule is CCNC(=O)NCCNC(=O)c1ccc(/C=C/C(c2cc(Cl)c(Cl)c(Cl)c2)C(F)(F)F)cc1Br. The lowest BCUT2D eigenvalue weighted by atomic mass is 9.97. The van der Waals surface area contributed by atoms with Gasteiger partial charge in [-0.3, -0.25) is 4.79 Å². The van der Waals surface area contributed by atoms with Gasteiger partial charge in [0.05, 0.1) is 26.5 Å². The van der Waals surface area contributed by atoms with E-state index in [-0.39, 0.29) is 39.8 Å². The Morgan fingerprint density at radius 3 is 2.21 bits per heavy atom. The van der Waals surface area contributed by atoms with Crippen molar-refractivity contribution < 1.29 is 22.8 Å². The minimum Gasteiger partial charge on any atom is -0.350 e. The molecule has 5 nitrogen and oxygen atoms in total. The molecule has 34 heavy (non-hydrogen) atoms. The van der Waals surface area contributed by atoms with Crippen molar-refractivity contribution in [2.75, 3.05) is 19.6 Å². The third-order valence-corrected chi connectivity index (χ3v) is 6.32. The molecule has 0 saturated heterocycles. The summed E-state index contributed by atoms with van der Waals surface area (Å²) in [6, 6.07) is 6.43. The molecule has 2 aromatic carbocycles. The molecule has 0 aliphatic rings. The molecule has 2 aromatic rings. The molecule has 184 valence electrons. The van der Waals surface area contributed by atoms with E-state index in [0.29, 0.717) is 22.1 Å². The van der Waals surface area contributed by atoms with E-state index in [2.05, 4.69) is 31.9 Å². The summed E-state index contributed by atoms with van der Waals surface area (Å²) in [6.07, 6.45) is -2.34. The second-order valence-electron chi connectivity index (χ2n) is 6.96. The van der Waals surface area contributed by atoms with Crippen LogP contribution in [0.3, 0.4) is 0 Å². The molecule has 0 aliphatic carbocycles. The van der Waals surface area contributed by atoms with Crippen LogP contribution in [-0.2, 0) is 0 Å². The number of hydrogen-bond acceptors (Lipinski definition) is 2. The molecule has 2 rings (SSSR count). The highest BCUT2D eigenvalue weighted by atomic mass is 79.9. The van der Waals surface area contributed by atoms with Gasteiger partial charge in [-0.05, 0) is 58.2 Å². The van der Waals surface area contributed by atoms with Crippen LogP contribution in [0.5, 0.6) is 0 Å². The Kier molecular flexibility index (Phi) is 10.5. The summed E-state index contributed by atoms with van der Waals surface area (Å²) in [5.41, 5.74) is 0.569. The van der Waals surface area contributed by atoms with Crippen molar-refractivity contribution in [3.63, 3.8) is 0 Å². The number of carbonyl (C=O) groups is 2. The first-order valence-corrected chi connectivity index (χ1v) is 11.9. The van der Waals surface area contributed by atoms with Crippen LogP contribution in [0.15, 0.2) is 40.9 Å². The zero-order valence-electron chi connectivity index (χ0n) is 17.7. The van der Waals surface area contributed by atoms with Gasteiger partial charge in [0.15, 0.2) is 0 Å². The number of urea groups is 1. The molecule has 3 amide bonds. The molecule has 0 aliphatic heterocycles. The van der Waals surface area contributed by atoms with Crippen LogP contribution in [0.4, 0.5) is 18.0 Å². The Hall–Kier alpha value is -1.94. The first kappa shape index (κ1) is 28.3. The van der Waals surface area contributed by atoms with Crippen LogP contribution in [0, 0.1) is 0 Å². The molecule has 0 saturated carbocycles. The molecule has 0 bridgehead atoms.